The maximum atomic E-state index is 13.9. The minimum absolute atomic E-state index is 0.0156. The molecule has 2 heterocycles. The highest BCUT2D eigenvalue weighted by Crippen LogP contribution is 2.48. The normalized spacial score (nSPS) is 17.8. The van der Waals surface area contributed by atoms with Crippen LogP contribution < -0.4 is 29.8 Å². The third kappa shape index (κ3) is 4.84. The molecular weight excluding hydrogens is 522 g/mol. The number of ether oxygens (including phenoxy) is 4. The summed E-state index contributed by atoms with van der Waals surface area (Å²) in [5, 5.41) is 8.98. The van der Waals surface area contributed by atoms with E-state index >= 15 is 0 Å². The molecule has 9 heteroatoms. The molecule has 0 fully saturated rings. The van der Waals surface area contributed by atoms with Crippen LogP contribution in [0.25, 0.3) is 0 Å². The number of hydrogen-bond acceptors (Lipinski definition) is 7. The first-order valence-corrected chi connectivity index (χ1v) is 13.4. The molecular formula is C32H31N3O6. The van der Waals surface area contributed by atoms with E-state index in [0.29, 0.717) is 59.4 Å². The van der Waals surface area contributed by atoms with E-state index in [1.165, 1.54) is 0 Å². The van der Waals surface area contributed by atoms with E-state index in [4.69, 9.17) is 18.9 Å². The lowest BCUT2D eigenvalue weighted by atomic mass is 9.72. The predicted molar refractivity (Wildman–Crippen MR) is 154 cm³/mol. The Morgan fingerprint density at radius 1 is 0.756 bits per heavy atom. The van der Waals surface area contributed by atoms with Gasteiger partial charge in [0.2, 0.25) is 0 Å². The molecule has 0 radical (unpaired) electrons. The average Bonchev–Trinajstić information content (AvgIpc) is 3.38. The molecule has 2 aliphatic rings. The maximum Gasteiger partial charge on any atom is 0.270 e. The number of H-pyrrole nitrogens is 2. The fourth-order valence-electron chi connectivity index (χ4n) is 5.81. The number of nitrogens with one attached hydrogen (secondary N) is 3. The summed E-state index contributed by atoms with van der Waals surface area (Å²) in [4.78, 5) is 26.8. The minimum Gasteiger partial charge on any atom is -0.493 e. The number of carbonyl (C=O) groups is 1. The van der Waals surface area contributed by atoms with Crippen molar-refractivity contribution in [3.05, 3.63) is 111 Å². The van der Waals surface area contributed by atoms with Gasteiger partial charge in [-0.25, -0.2) is 0 Å². The third-order valence-corrected chi connectivity index (χ3v) is 7.81. The lowest BCUT2D eigenvalue weighted by molar-refractivity contribution is -0.116. The number of Topliss-reactive ketones (excluding diaryl/α,β-unsaturated/α-hetero) is 1. The highest BCUT2D eigenvalue weighted by Gasteiger charge is 2.41. The van der Waals surface area contributed by atoms with Gasteiger partial charge in [0.05, 0.1) is 26.9 Å². The Morgan fingerprint density at radius 2 is 1.44 bits per heavy atom. The number of methoxy groups -OCH3 is 3. The van der Waals surface area contributed by atoms with Crippen molar-refractivity contribution in [2.45, 2.75) is 31.3 Å². The Balaban J connectivity index is 1.36. The second-order valence-corrected chi connectivity index (χ2v) is 10.1. The standard InChI is InChI=1S/C32H31N3O6/c1-38-24-11-9-19(15-26(24)39-2)21-13-22-29(23(36)14-21)28(30-31(33-22)34-35-32(30)37)20-10-12-25(27(16-20)40-3)41-17-18-7-5-4-6-8-18/h4-12,15-16,21,28H,13-14,17H2,1-3H3,(H3,33,34,35,37)/t21-,28-/m0/s1. The summed E-state index contributed by atoms with van der Waals surface area (Å²) in [5.41, 5.74) is 4.37. The third-order valence-electron chi connectivity index (χ3n) is 7.81. The lowest BCUT2D eigenvalue weighted by Gasteiger charge is -2.34. The number of fused-ring (bicyclic) bond motifs is 1. The van der Waals surface area contributed by atoms with E-state index in [1.54, 1.807) is 21.3 Å². The lowest BCUT2D eigenvalue weighted by Crippen LogP contribution is -2.31. The first-order chi connectivity index (χ1) is 20.0. The molecule has 2 atom stereocenters. The molecule has 0 saturated heterocycles. The van der Waals surface area contributed by atoms with Crippen molar-refractivity contribution >= 4 is 11.6 Å². The summed E-state index contributed by atoms with van der Waals surface area (Å²) in [6.07, 6.45) is 0.897. The van der Waals surface area contributed by atoms with Crippen molar-refractivity contribution in [3.8, 4) is 23.0 Å². The summed E-state index contributed by atoms with van der Waals surface area (Å²) in [6, 6.07) is 21.2. The van der Waals surface area contributed by atoms with Crippen molar-refractivity contribution in [2.24, 2.45) is 0 Å². The van der Waals surface area contributed by atoms with Gasteiger partial charge in [0, 0.05) is 23.6 Å². The summed E-state index contributed by atoms with van der Waals surface area (Å²) >= 11 is 0. The SMILES string of the molecule is COc1ccc([C@@H]2CC(=O)C3=C(C2)Nc2[nH][nH]c(=O)c2[C@H]3c2ccc(OCc3ccccc3)c(OC)c2)cc1OC. The van der Waals surface area contributed by atoms with E-state index in [1.807, 2.05) is 66.7 Å². The molecule has 1 aliphatic carbocycles. The van der Waals surface area contributed by atoms with Crippen molar-refractivity contribution < 1.29 is 23.7 Å². The number of allylic oxidation sites excluding steroid dienone is 2. The quantitative estimate of drug-likeness (QED) is 0.272. The Bertz CT molecular complexity index is 1690. The molecule has 1 aromatic heterocycles. The Hall–Kier alpha value is -4.92. The van der Waals surface area contributed by atoms with Crippen LogP contribution in [0.5, 0.6) is 23.0 Å². The number of aromatic amines is 2. The van der Waals surface area contributed by atoms with Gasteiger partial charge in [-0.15, -0.1) is 0 Å². The molecule has 9 nitrogen and oxygen atoms in total. The van der Waals surface area contributed by atoms with Crippen LogP contribution in [0, 0.1) is 0 Å². The summed E-state index contributed by atoms with van der Waals surface area (Å²) in [7, 11) is 4.77. The second-order valence-electron chi connectivity index (χ2n) is 10.1. The zero-order valence-electron chi connectivity index (χ0n) is 23.1. The Kier molecular flexibility index (Phi) is 7.01. The number of aromatic nitrogens is 2. The first kappa shape index (κ1) is 26.3. The van der Waals surface area contributed by atoms with Crippen LogP contribution in [-0.2, 0) is 11.4 Å². The molecule has 4 aromatic rings. The van der Waals surface area contributed by atoms with Crippen LogP contribution in [0.3, 0.4) is 0 Å². The molecule has 1 aliphatic heterocycles. The van der Waals surface area contributed by atoms with Gasteiger partial charge in [-0.1, -0.05) is 42.5 Å². The molecule has 0 spiro atoms. The highest BCUT2D eigenvalue weighted by atomic mass is 16.5. The molecule has 0 unspecified atom stereocenters. The molecule has 41 heavy (non-hydrogen) atoms. The van der Waals surface area contributed by atoms with Gasteiger partial charge in [-0.05, 0) is 53.3 Å². The molecule has 3 aromatic carbocycles. The number of hydrogen-bond donors (Lipinski definition) is 3. The van der Waals surface area contributed by atoms with E-state index < -0.39 is 5.92 Å². The van der Waals surface area contributed by atoms with Crippen LogP contribution in [0.15, 0.2) is 82.8 Å². The molecule has 0 amide bonds. The molecule has 6 rings (SSSR count). The van der Waals surface area contributed by atoms with Crippen LogP contribution in [0.1, 0.15) is 46.9 Å². The van der Waals surface area contributed by atoms with Gasteiger partial charge < -0.3 is 24.3 Å². The van der Waals surface area contributed by atoms with Crippen molar-refractivity contribution in [1.82, 2.24) is 10.2 Å². The van der Waals surface area contributed by atoms with Gasteiger partial charge in [0.25, 0.3) is 5.56 Å². The minimum atomic E-state index is -0.563. The molecule has 210 valence electrons. The Labute approximate surface area is 237 Å². The monoisotopic (exact) mass is 553 g/mol. The van der Waals surface area contributed by atoms with E-state index in [-0.39, 0.29) is 17.3 Å². The van der Waals surface area contributed by atoms with Crippen LogP contribution in [0.4, 0.5) is 5.82 Å². The van der Waals surface area contributed by atoms with Gasteiger partial charge in [0.15, 0.2) is 28.8 Å². The fraction of sp³-hybridized carbons (Fsp3) is 0.250. The first-order valence-electron chi connectivity index (χ1n) is 13.4. The van der Waals surface area contributed by atoms with Gasteiger partial charge in [0.1, 0.15) is 12.4 Å². The smallest absolute Gasteiger partial charge is 0.270 e. The van der Waals surface area contributed by atoms with Crippen molar-refractivity contribution in [1.29, 1.82) is 0 Å². The number of anilines is 1. The number of rotatable bonds is 8. The molecule has 0 saturated carbocycles. The summed E-state index contributed by atoms with van der Waals surface area (Å²) in [6.45, 7) is 0.386. The zero-order valence-corrected chi connectivity index (χ0v) is 23.1. The fourth-order valence-corrected chi connectivity index (χ4v) is 5.81. The highest BCUT2D eigenvalue weighted by molar-refractivity contribution is 6.01. The van der Waals surface area contributed by atoms with E-state index in [0.717, 1.165) is 22.4 Å². The Morgan fingerprint density at radius 3 is 2.20 bits per heavy atom. The van der Waals surface area contributed by atoms with Crippen molar-refractivity contribution in [3.63, 3.8) is 0 Å². The van der Waals surface area contributed by atoms with Gasteiger partial charge in [-0.3, -0.25) is 19.8 Å². The van der Waals surface area contributed by atoms with Crippen molar-refractivity contribution in [2.75, 3.05) is 26.6 Å². The predicted octanol–water partition coefficient (Wildman–Crippen LogP) is 5.27. The largest absolute Gasteiger partial charge is 0.493 e. The van der Waals surface area contributed by atoms with Crippen LogP contribution >= 0.6 is 0 Å². The van der Waals surface area contributed by atoms with Gasteiger partial charge >= 0.3 is 0 Å². The van der Waals surface area contributed by atoms with Gasteiger partial charge in [-0.2, -0.15) is 0 Å². The van der Waals surface area contributed by atoms with Crippen LogP contribution in [0.2, 0.25) is 0 Å². The summed E-state index contributed by atoms with van der Waals surface area (Å²) < 4.78 is 22.6. The topological polar surface area (TPSA) is 115 Å². The van der Waals surface area contributed by atoms with E-state index in [9.17, 15) is 9.59 Å². The molecule has 3 N–H and O–H groups in total. The second kappa shape index (κ2) is 10.9. The number of benzene rings is 3. The average molecular weight is 554 g/mol. The van der Waals surface area contributed by atoms with E-state index in [2.05, 4.69) is 15.5 Å². The zero-order chi connectivity index (χ0) is 28.5. The molecule has 0 bridgehead atoms. The maximum absolute atomic E-state index is 13.9. The number of ketones is 1. The number of carbonyl (C=O) groups excluding carboxylic acids is 1. The summed E-state index contributed by atoms with van der Waals surface area (Å²) in [5.74, 6) is 2.27. The van der Waals surface area contributed by atoms with Crippen LogP contribution in [-0.4, -0.2) is 37.3 Å².